The van der Waals surface area contributed by atoms with Crippen LogP contribution in [-0.4, -0.2) is 27.9 Å². The van der Waals surface area contributed by atoms with E-state index in [1.165, 1.54) is 24.9 Å². The van der Waals surface area contributed by atoms with E-state index in [-0.39, 0.29) is 10.8 Å². The third kappa shape index (κ3) is 2.85. The van der Waals surface area contributed by atoms with Crippen molar-refractivity contribution in [2.75, 3.05) is 4.72 Å². The Morgan fingerprint density at radius 1 is 1.33 bits per heavy atom. The van der Waals surface area contributed by atoms with Gasteiger partial charge in [0.2, 0.25) is 0 Å². The van der Waals surface area contributed by atoms with Gasteiger partial charge in [-0.15, -0.1) is 0 Å². The first-order chi connectivity index (χ1) is 8.51. The third-order valence-electron chi connectivity index (χ3n) is 2.11. The summed E-state index contributed by atoms with van der Waals surface area (Å²) in [7, 11) is -3.72. The summed E-state index contributed by atoms with van der Waals surface area (Å²) in [5.41, 5.74) is 0. The highest BCUT2D eigenvalue weighted by Crippen LogP contribution is 2.12. The molecule has 9 heteroatoms. The molecule has 0 aromatic carbocycles. The number of nitrogens with zero attached hydrogens (tertiary/aromatic N) is 4. The Kier molecular flexibility index (Phi) is 3.62. The van der Waals surface area contributed by atoms with Crippen molar-refractivity contribution >= 4 is 31.8 Å². The quantitative estimate of drug-likeness (QED) is 0.910. The summed E-state index contributed by atoms with van der Waals surface area (Å²) >= 11 is 3.12. The van der Waals surface area contributed by atoms with E-state index in [4.69, 9.17) is 0 Å². The van der Waals surface area contributed by atoms with E-state index in [0.29, 0.717) is 11.1 Å². The first-order valence-corrected chi connectivity index (χ1v) is 7.31. The average molecular weight is 332 g/mol. The fourth-order valence-electron chi connectivity index (χ4n) is 1.21. The van der Waals surface area contributed by atoms with Crippen molar-refractivity contribution in [3.63, 3.8) is 0 Å². The molecular weight excluding hydrogens is 322 g/mol. The Bertz CT molecular complexity index is 637. The molecule has 1 N–H and O–H groups in total. The van der Waals surface area contributed by atoms with Crippen molar-refractivity contribution in [1.29, 1.82) is 0 Å². The Morgan fingerprint density at radius 3 is 2.67 bits per heavy atom. The Hall–Kier alpha value is -1.48. The number of aryl methyl sites for hydroxylation is 1. The molecule has 0 spiro atoms. The van der Waals surface area contributed by atoms with Crippen molar-refractivity contribution in [2.45, 2.75) is 18.5 Å². The maximum Gasteiger partial charge on any atom is 0.282 e. The summed E-state index contributed by atoms with van der Waals surface area (Å²) in [6, 6.07) is 0. The maximum atomic E-state index is 11.9. The Labute approximate surface area is 112 Å². The van der Waals surface area contributed by atoms with Crippen LogP contribution in [0.1, 0.15) is 6.92 Å². The minimum atomic E-state index is -3.72. The highest BCUT2D eigenvalue weighted by molar-refractivity contribution is 9.10. The van der Waals surface area contributed by atoms with Gasteiger partial charge in [0.05, 0.1) is 18.7 Å². The molecule has 0 aliphatic heterocycles. The molecule has 0 unspecified atom stereocenters. The number of anilines is 1. The van der Waals surface area contributed by atoms with E-state index in [1.54, 1.807) is 4.57 Å². The molecule has 0 saturated carbocycles. The molecule has 0 aliphatic carbocycles. The lowest BCUT2D eigenvalue weighted by molar-refractivity contribution is 0.597. The maximum absolute atomic E-state index is 11.9. The van der Waals surface area contributed by atoms with Gasteiger partial charge >= 0.3 is 0 Å². The molecule has 0 bridgehead atoms. The number of hydrogen-bond acceptors (Lipinski definition) is 5. The van der Waals surface area contributed by atoms with E-state index in [0.717, 1.165) is 0 Å². The minimum Gasteiger partial charge on any atom is -0.336 e. The monoisotopic (exact) mass is 331 g/mol. The SMILES string of the molecule is CCn1cnc(S(=O)(=O)Nc2cnc(Br)cn2)c1. The van der Waals surface area contributed by atoms with Gasteiger partial charge in [-0.25, -0.2) is 15.0 Å². The number of nitrogens with one attached hydrogen (secondary N) is 1. The van der Waals surface area contributed by atoms with Crippen molar-refractivity contribution in [1.82, 2.24) is 19.5 Å². The smallest absolute Gasteiger partial charge is 0.282 e. The van der Waals surface area contributed by atoms with Crippen LogP contribution >= 0.6 is 15.9 Å². The normalized spacial score (nSPS) is 11.4. The van der Waals surface area contributed by atoms with Gasteiger partial charge in [-0.2, -0.15) is 8.42 Å². The molecule has 0 amide bonds. The molecule has 0 saturated heterocycles. The molecule has 0 radical (unpaired) electrons. The van der Waals surface area contributed by atoms with Crippen molar-refractivity contribution in [2.24, 2.45) is 0 Å². The number of sulfonamides is 1. The third-order valence-corrected chi connectivity index (χ3v) is 3.76. The van der Waals surface area contributed by atoms with Crippen LogP contribution in [0.15, 0.2) is 34.5 Å². The fourth-order valence-corrected chi connectivity index (χ4v) is 2.36. The summed E-state index contributed by atoms with van der Waals surface area (Å²) in [5.74, 6) is 0.143. The van der Waals surface area contributed by atoms with E-state index in [9.17, 15) is 8.42 Å². The van der Waals surface area contributed by atoms with Gasteiger partial charge in [0.1, 0.15) is 4.60 Å². The number of hydrogen-bond donors (Lipinski definition) is 1. The van der Waals surface area contributed by atoms with Gasteiger partial charge in [-0.1, -0.05) is 0 Å². The zero-order chi connectivity index (χ0) is 13.2. The van der Waals surface area contributed by atoms with Crippen LogP contribution < -0.4 is 4.72 Å². The molecular formula is C9H10BrN5O2S. The van der Waals surface area contributed by atoms with Gasteiger partial charge < -0.3 is 4.57 Å². The summed E-state index contributed by atoms with van der Waals surface area (Å²) in [6.07, 6.45) is 5.64. The van der Waals surface area contributed by atoms with Gasteiger partial charge in [-0.05, 0) is 22.9 Å². The Morgan fingerprint density at radius 2 is 2.11 bits per heavy atom. The zero-order valence-corrected chi connectivity index (χ0v) is 11.8. The number of rotatable bonds is 4. The van der Waals surface area contributed by atoms with Crippen LogP contribution in [0.5, 0.6) is 0 Å². The molecule has 0 atom stereocenters. The fraction of sp³-hybridized carbons (Fsp3) is 0.222. The highest BCUT2D eigenvalue weighted by atomic mass is 79.9. The van der Waals surface area contributed by atoms with Crippen LogP contribution in [0.4, 0.5) is 5.82 Å². The first-order valence-electron chi connectivity index (χ1n) is 5.03. The van der Waals surface area contributed by atoms with Crippen LogP contribution in [0, 0.1) is 0 Å². The minimum absolute atomic E-state index is 0.0472. The Balaban J connectivity index is 2.24. The molecule has 96 valence electrons. The second-order valence-electron chi connectivity index (χ2n) is 3.37. The molecule has 0 fully saturated rings. The van der Waals surface area contributed by atoms with Gasteiger partial charge in [-0.3, -0.25) is 4.72 Å². The summed E-state index contributed by atoms with van der Waals surface area (Å²) in [6.45, 7) is 2.55. The largest absolute Gasteiger partial charge is 0.336 e. The molecule has 2 heterocycles. The molecule has 18 heavy (non-hydrogen) atoms. The van der Waals surface area contributed by atoms with Crippen molar-refractivity contribution in [3.05, 3.63) is 29.5 Å². The van der Waals surface area contributed by atoms with E-state index < -0.39 is 10.0 Å². The van der Waals surface area contributed by atoms with Crippen LogP contribution in [0.3, 0.4) is 0 Å². The number of imidazole rings is 1. The van der Waals surface area contributed by atoms with E-state index in [2.05, 4.69) is 35.6 Å². The topological polar surface area (TPSA) is 89.8 Å². The van der Waals surface area contributed by atoms with Gasteiger partial charge in [0.25, 0.3) is 10.0 Å². The van der Waals surface area contributed by atoms with Gasteiger partial charge in [0, 0.05) is 12.7 Å². The van der Waals surface area contributed by atoms with Gasteiger partial charge in [0.15, 0.2) is 10.8 Å². The zero-order valence-electron chi connectivity index (χ0n) is 9.41. The van der Waals surface area contributed by atoms with E-state index >= 15 is 0 Å². The van der Waals surface area contributed by atoms with E-state index in [1.807, 2.05) is 6.92 Å². The molecule has 7 nitrogen and oxygen atoms in total. The average Bonchev–Trinajstić information content (AvgIpc) is 2.81. The molecule has 2 aromatic heterocycles. The number of aromatic nitrogens is 4. The standard InChI is InChI=1S/C9H10BrN5O2S/c1-2-15-5-9(13-6-15)18(16,17)14-8-4-11-7(10)3-12-8/h3-6H,2H2,1H3,(H,12,14). The van der Waals surface area contributed by atoms with Crippen LogP contribution in [-0.2, 0) is 16.6 Å². The lowest BCUT2D eigenvalue weighted by atomic mass is 10.7. The van der Waals surface area contributed by atoms with Crippen molar-refractivity contribution < 1.29 is 8.42 Å². The predicted octanol–water partition coefficient (Wildman–Crippen LogP) is 1.26. The molecule has 0 aliphatic rings. The molecule has 2 rings (SSSR count). The second-order valence-corrected chi connectivity index (χ2v) is 5.81. The summed E-state index contributed by atoms with van der Waals surface area (Å²) < 4.78 is 28.4. The highest BCUT2D eigenvalue weighted by Gasteiger charge is 2.18. The van der Waals surface area contributed by atoms with Crippen molar-refractivity contribution in [3.8, 4) is 0 Å². The van der Waals surface area contributed by atoms with Crippen LogP contribution in [0.25, 0.3) is 0 Å². The number of halogens is 1. The summed E-state index contributed by atoms with van der Waals surface area (Å²) in [4.78, 5) is 11.6. The molecule has 2 aromatic rings. The lowest BCUT2D eigenvalue weighted by Gasteiger charge is -2.03. The predicted molar refractivity (Wildman–Crippen MR) is 68.4 cm³/mol. The van der Waals surface area contributed by atoms with Crippen LogP contribution in [0.2, 0.25) is 0 Å². The lowest BCUT2D eigenvalue weighted by Crippen LogP contribution is -2.14. The second kappa shape index (κ2) is 5.02. The summed E-state index contributed by atoms with van der Waals surface area (Å²) in [5, 5.41) is -0.0472. The first kappa shape index (κ1) is 13.0.